The standard InChI is InChI=1S/C19H22O/c1-4-18-10-5-6-11-19(18)20-14-17-9-7-8-16(13-17)12-15(2)3/h5-11,13H,2,4,12,14H2,1,3H3. The van der Waals surface area contributed by atoms with Gasteiger partial charge in [-0.1, -0.05) is 61.5 Å². The molecule has 104 valence electrons. The highest BCUT2D eigenvalue weighted by molar-refractivity contribution is 5.34. The smallest absolute Gasteiger partial charge is 0.122 e. The number of para-hydroxylation sites is 1. The van der Waals surface area contributed by atoms with Crippen LogP contribution in [0, 0.1) is 0 Å². The largest absolute Gasteiger partial charge is 0.489 e. The maximum absolute atomic E-state index is 5.95. The summed E-state index contributed by atoms with van der Waals surface area (Å²) in [5, 5.41) is 0. The number of aryl methyl sites for hydroxylation is 1. The highest BCUT2D eigenvalue weighted by atomic mass is 16.5. The monoisotopic (exact) mass is 266 g/mol. The number of ether oxygens (including phenoxy) is 1. The summed E-state index contributed by atoms with van der Waals surface area (Å²) in [6, 6.07) is 16.8. The summed E-state index contributed by atoms with van der Waals surface area (Å²) in [5.74, 6) is 0.986. The van der Waals surface area contributed by atoms with E-state index in [-0.39, 0.29) is 0 Å². The van der Waals surface area contributed by atoms with E-state index in [4.69, 9.17) is 4.74 Å². The molecule has 0 heterocycles. The molecule has 0 atom stereocenters. The van der Waals surface area contributed by atoms with Crippen LogP contribution in [0.3, 0.4) is 0 Å². The van der Waals surface area contributed by atoms with Gasteiger partial charge in [-0.15, -0.1) is 0 Å². The van der Waals surface area contributed by atoms with E-state index in [1.54, 1.807) is 0 Å². The number of hydrogen-bond acceptors (Lipinski definition) is 1. The fourth-order valence-electron chi connectivity index (χ4n) is 2.28. The van der Waals surface area contributed by atoms with Crippen LogP contribution in [0.2, 0.25) is 0 Å². The Kier molecular flexibility index (Phi) is 5.00. The fourth-order valence-corrected chi connectivity index (χ4v) is 2.28. The predicted molar refractivity (Wildman–Crippen MR) is 85.1 cm³/mol. The first kappa shape index (κ1) is 14.4. The van der Waals surface area contributed by atoms with Gasteiger partial charge in [0.15, 0.2) is 0 Å². The van der Waals surface area contributed by atoms with Gasteiger partial charge in [0.1, 0.15) is 12.4 Å². The fraction of sp³-hybridized carbons (Fsp3) is 0.263. The number of rotatable bonds is 6. The second kappa shape index (κ2) is 6.95. The third-order valence-electron chi connectivity index (χ3n) is 3.25. The maximum Gasteiger partial charge on any atom is 0.122 e. The Bertz CT molecular complexity index is 584. The molecule has 0 bridgehead atoms. The van der Waals surface area contributed by atoms with Crippen molar-refractivity contribution in [3.63, 3.8) is 0 Å². The molecule has 0 aliphatic carbocycles. The second-order valence-electron chi connectivity index (χ2n) is 5.20. The third kappa shape index (κ3) is 3.99. The summed E-state index contributed by atoms with van der Waals surface area (Å²) >= 11 is 0. The molecule has 0 aromatic heterocycles. The molecule has 0 saturated carbocycles. The molecule has 0 amide bonds. The Morgan fingerprint density at radius 1 is 1.05 bits per heavy atom. The first-order valence-electron chi connectivity index (χ1n) is 7.12. The van der Waals surface area contributed by atoms with Gasteiger partial charge in [-0.2, -0.15) is 0 Å². The van der Waals surface area contributed by atoms with Crippen LogP contribution in [0.15, 0.2) is 60.7 Å². The van der Waals surface area contributed by atoms with Gasteiger partial charge < -0.3 is 4.74 Å². The van der Waals surface area contributed by atoms with Crippen LogP contribution in [-0.2, 0) is 19.4 Å². The first-order valence-corrected chi connectivity index (χ1v) is 7.12. The summed E-state index contributed by atoms with van der Waals surface area (Å²) < 4.78 is 5.95. The van der Waals surface area contributed by atoms with E-state index in [9.17, 15) is 0 Å². The SMILES string of the molecule is C=C(C)Cc1cccc(COc2ccccc2CC)c1. The third-order valence-corrected chi connectivity index (χ3v) is 3.25. The maximum atomic E-state index is 5.95. The first-order chi connectivity index (χ1) is 9.69. The Morgan fingerprint density at radius 3 is 2.55 bits per heavy atom. The van der Waals surface area contributed by atoms with Gasteiger partial charge in [0.2, 0.25) is 0 Å². The van der Waals surface area contributed by atoms with E-state index < -0.39 is 0 Å². The molecule has 1 nitrogen and oxygen atoms in total. The molecule has 2 rings (SSSR count). The van der Waals surface area contributed by atoms with Crippen molar-refractivity contribution in [2.45, 2.75) is 33.3 Å². The zero-order valence-corrected chi connectivity index (χ0v) is 12.4. The Morgan fingerprint density at radius 2 is 1.80 bits per heavy atom. The molecule has 0 unspecified atom stereocenters. The summed E-state index contributed by atoms with van der Waals surface area (Å²) in [4.78, 5) is 0. The van der Waals surface area contributed by atoms with Crippen LogP contribution in [0.25, 0.3) is 0 Å². The lowest BCUT2D eigenvalue weighted by Gasteiger charge is -2.11. The topological polar surface area (TPSA) is 9.23 Å². The van der Waals surface area contributed by atoms with Gasteiger partial charge in [0.05, 0.1) is 0 Å². The van der Waals surface area contributed by atoms with E-state index in [2.05, 4.69) is 56.8 Å². The lowest BCUT2D eigenvalue weighted by molar-refractivity contribution is 0.303. The van der Waals surface area contributed by atoms with E-state index in [1.165, 1.54) is 22.3 Å². The Labute approximate surface area is 121 Å². The van der Waals surface area contributed by atoms with Gasteiger partial charge in [-0.05, 0) is 42.5 Å². The molecule has 0 N–H and O–H groups in total. The van der Waals surface area contributed by atoms with Crippen molar-refractivity contribution in [2.24, 2.45) is 0 Å². The molecule has 0 aliphatic rings. The zero-order chi connectivity index (χ0) is 14.4. The summed E-state index contributed by atoms with van der Waals surface area (Å²) in [5.41, 5.74) is 4.93. The van der Waals surface area contributed by atoms with Crippen molar-refractivity contribution in [3.8, 4) is 5.75 Å². The van der Waals surface area contributed by atoms with Crippen molar-refractivity contribution in [3.05, 3.63) is 77.4 Å². The van der Waals surface area contributed by atoms with Gasteiger partial charge >= 0.3 is 0 Å². The van der Waals surface area contributed by atoms with Crippen LogP contribution in [0.1, 0.15) is 30.5 Å². The Hall–Kier alpha value is -2.02. The highest BCUT2D eigenvalue weighted by Crippen LogP contribution is 2.20. The van der Waals surface area contributed by atoms with Gasteiger partial charge in [-0.3, -0.25) is 0 Å². The van der Waals surface area contributed by atoms with E-state index in [0.717, 1.165) is 18.6 Å². The van der Waals surface area contributed by atoms with E-state index in [0.29, 0.717) is 6.61 Å². The average Bonchev–Trinajstić information content (AvgIpc) is 2.45. The van der Waals surface area contributed by atoms with Gasteiger partial charge in [-0.25, -0.2) is 0 Å². The lowest BCUT2D eigenvalue weighted by Crippen LogP contribution is -1.99. The highest BCUT2D eigenvalue weighted by Gasteiger charge is 2.02. The van der Waals surface area contributed by atoms with Crippen molar-refractivity contribution in [1.29, 1.82) is 0 Å². The van der Waals surface area contributed by atoms with Crippen LogP contribution >= 0.6 is 0 Å². The quantitative estimate of drug-likeness (QED) is 0.672. The molecule has 2 aromatic carbocycles. The minimum atomic E-state index is 0.612. The minimum Gasteiger partial charge on any atom is -0.489 e. The van der Waals surface area contributed by atoms with E-state index >= 15 is 0 Å². The molecule has 0 aliphatic heterocycles. The van der Waals surface area contributed by atoms with Crippen LogP contribution < -0.4 is 4.74 Å². The normalized spacial score (nSPS) is 10.3. The number of allylic oxidation sites excluding steroid dienone is 1. The lowest BCUT2D eigenvalue weighted by atomic mass is 10.1. The number of hydrogen-bond donors (Lipinski definition) is 0. The average molecular weight is 266 g/mol. The number of benzene rings is 2. The molecular weight excluding hydrogens is 244 g/mol. The summed E-state index contributed by atoms with van der Waals surface area (Å²) in [6.07, 6.45) is 1.92. The minimum absolute atomic E-state index is 0.612. The van der Waals surface area contributed by atoms with Gasteiger partial charge in [0.25, 0.3) is 0 Å². The van der Waals surface area contributed by atoms with Crippen LogP contribution in [0.5, 0.6) is 5.75 Å². The molecular formula is C19H22O. The summed E-state index contributed by atoms with van der Waals surface area (Å²) in [7, 11) is 0. The van der Waals surface area contributed by atoms with E-state index in [1.807, 2.05) is 12.1 Å². The summed E-state index contributed by atoms with van der Waals surface area (Å²) in [6.45, 7) is 8.78. The molecule has 0 saturated heterocycles. The molecule has 0 fully saturated rings. The van der Waals surface area contributed by atoms with Crippen molar-refractivity contribution in [1.82, 2.24) is 0 Å². The Balaban J connectivity index is 2.05. The van der Waals surface area contributed by atoms with Crippen LogP contribution in [0.4, 0.5) is 0 Å². The molecule has 0 radical (unpaired) electrons. The molecule has 1 heteroatoms. The predicted octanol–water partition coefficient (Wildman–Crippen LogP) is 4.95. The second-order valence-corrected chi connectivity index (χ2v) is 5.20. The van der Waals surface area contributed by atoms with Crippen molar-refractivity contribution < 1.29 is 4.74 Å². The molecule has 20 heavy (non-hydrogen) atoms. The van der Waals surface area contributed by atoms with Crippen molar-refractivity contribution in [2.75, 3.05) is 0 Å². The zero-order valence-electron chi connectivity index (χ0n) is 12.4. The van der Waals surface area contributed by atoms with Crippen molar-refractivity contribution >= 4 is 0 Å². The van der Waals surface area contributed by atoms with Gasteiger partial charge in [0, 0.05) is 0 Å². The van der Waals surface area contributed by atoms with Crippen LogP contribution in [-0.4, -0.2) is 0 Å². The molecule has 0 spiro atoms. The molecule has 2 aromatic rings.